The van der Waals surface area contributed by atoms with E-state index in [0.29, 0.717) is 18.3 Å². The Hall–Kier alpha value is -2.09. The molecule has 4 rings (SSSR count). The van der Waals surface area contributed by atoms with Crippen molar-refractivity contribution in [3.05, 3.63) is 65.2 Å². The number of hydrogen-bond acceptors (Lipinski definition) is 2. The topological polar surface area (TPSA) is 26.3 Å². The first kappa shape index (κ1) is 18.3. The summed E-state index contributed by atoms with van der Waals surface area (Å²) in [6.07, 6.45) is 5.50. The van der Waals surface area contributed by atoms with Crippen LogP contribution in [0.5, 0.6) is 5.75 Å². The van der Waals surface area contributed by atoms with Crippen LogP contribution in [0.1, 0.15) is 63.1 Å². The zero-order valence-corrected chi connectivity index (χ0v) is 16.8. The molecule has 0 spiro atoms. The minimum Gasteiger partial charge on any atom is -0.489 e. The maximum Gasteiger partial charge on any atom is 0.135 e. The van der Waals surface area contributed by atoms with E-state index in [1.165, 1.54) is 16.7 Å². The molecule has 0 bridgehead atoms. The van der Waals surface area contributed by atoms with E-state index in [-0.39, 0.29) is 10.8 Å². The highest BCUT2D eigenvalue weighted by molar-refractivity contribution is 5.83. The number of ketones is 1. The fourth-order valence-electron chi connectivity index (χ4n) is 5.69. The average Bonchev–Trinajstić information content (AvgIpc) is 2.67. The highest BCUT2D eigenvalue weighted by Gasteiger charge is 2.53. The van der Waals surface area contributed by atoms with Crippen LogP contribution in [-0.4, -0.2) is 5.78 Å². The maximum absolute atomic E-state index is 12.5. The average molecular weight is 363 g/mol. The number of carbonyl (C=O) groups excluding carboxylic acids is 1. The second-order valence-corrected chi connectivity index (χ2v) is 8.93. The van der Waals surface area contributed by atoms with Gasteiger partial charge in [0, 0.05) is 5.41 Å². The quantitative estimate of drug-likeness (QED) is 0.680. The molecule has 0 amide bonds. The van der Waals surface area contributed by atoms with Gasteiger partial charge in [-0.2, -0.15) is 0 Å². The Morgan fingerprint density at radius 1 is 1.11 bits per heavy atom. The van der Waals surface area contributed by atoms with Crippen LogP contribution in [0.2, 0.25) is 0 Å². The predicted molar refractivity (Wildman–Crippen MR) is 109 cm³/mol. The van der Waals surface area contributed by atoms with Crippen molar-refractivity contribution in [2.75, 3.05) is 0 Å². The first-order chi connectivity index (χ1) is 12.9. The van der Waals surface area contributed by atoms with Crippen LogP contribution in [0, 0.1) is 11.3 Å². The van der Waals surface area contributed by atoms with E-state index >= 15 is 0 Å². The fraction of sp³-hybridized carbons (Fsp3) is 0.480. The van der Waals surface area contributed by atoms with Crippen LogP contribution in [0.25, 0.3) is 0 Å². The summed E-state index contributed by atoms with van der Waals surface area (Å²) < 4.78 is 6.12. The summed E-state index contributed by atoms with van der Waals surface area (Å²) in [6.45, 7) is 6.97. The molecule has 3 atom stereocenters. The van der Waals surface area contributed by atoms with E-state index in [4.69, 9.17) is 4.74 Å². The summed E-state index contributed by atoms with van der Waals surface area (Å²) in [5.74, 6) is 1.72. The number of rotatable bonds is 4. The molecule has 0 aliphatic heterocycles. The van der Waals surface area contributed by atoms with Crippen LogP contribution in [-0.2, 0) is 23.2 Å². The first-order valence-corrected chi connectivity index (χ1v) is 10.2. The Kier molecular flexibility index (Phi) is 4.61. The molecule has 2 aliphatic rings. The van der Waals surface area contributed by atoms with Gasteiger partial charge in [0.1, 0.15) is 18.1 Å². The molecule has 2 nitrogen and oxygen atoms in total. The van der Waals surface area contributed by atoms with Gasteiger partial charge in [-0.25, -0.2) is 0 Å². The number of hydrogen-bond donors (Lipinski definition) is 0. The van der Waals surface area contributed by atoms with E-state index < -0.39 is 0 Å². The monoisotopic (exact) mass is 362 g/mol. The molecule has 1 saturated carbocycles. The van der Waals surface area contributed by atoms with Crippen molar-refractivity contribution in [1.82, 2.24) is 0 Å². The van der Waals surface area contributed by atoms with Gasteiger partial charge >= 0.3 is 0 Å². The van der Waals surface area contributed by atoms with Gasteiger partial charge in [-0.05, 0) is 72.8 Å². The second-order valence-electron chi connectivity index (χ2n) is 8.93. The second kappa shape index (κ2) is 6.82. The number of benzene rings is 2. The third-order valence-corrected chi connectivity index (χ3v) is 7.38. The highest BCUT2D eigenvalue weighted by Crippen LogP contribution is 2.57. The Bertz CT molecular complexity index is 841. The minimum absolute atomic E-state index is 0.0678. The standard InChI is InChI=1S/C25H30O2/c1-18(26)24(2)14-7-15-25(3)22-16-21(12-10-20(22)11-13-23(24)25)27-17-19-8-5-4-6-9-19/h4-6,8-10,12,16,23H,7,11,13-15,17H2,1-3H3/t23-,24+,25+/m0/s1. The van der Waals surface area contributed by atoms with Gasteiger partial charge in [0.15, 0.2) is 0 Å². The van der Waals surface area contributed by atoms with Gasteiger partial charge in [-0.15, -0.1) is 0 Å². The van der Waals surface area contributed by atoms with Crippen LogP contribution < -0.4 is 4.74 Å². The molecule has 0 aromatic heterocycles. The molecule has 0 N–H and O–H groups in total. The molecule has 0 saturated heterocycles. The molecule has 2 heteroatoms. The molecule has 27 heavy (non-hydrogen) atoms. The predicted octanol–water partition coefficient (Wildman–Crippen LogP) is 5.86. The molecule has 2 aliphatic carbocycles. The van der Waals surface area contributed by atoms with Gasteiger partial charge in [-0.3, -0.25) is 4.79 Å². The van der Waals surface area contributed by atoms with Gasteiger partial charge in [-0.1, -0.05) is 56.7 Å². The zero-order valence-electron chi connectivity index (χ0n) is 16.8. The van der Waals surface area contributed by atoms with Crippen LogP contribution in [0.15, 0.2) is 48.5 Å². The van der Waals surface area contributed by atoms with Gasteiger partial charge in [0.05, 0.1) is 0 Å². The lowest BCUT2D eigenvalue weighted by molar-refractivity contribution is -0.134. The van der Waals surface area contributed by atoms with Crippen LogP contribution >= 0.6 is 0 Å². The molecule has 0 radical (unpaired) electrons. The van der Waals surface area contributed by atoms with E-state index in [0.717, 1.165) is 37.9 Å². The van der Waals surface area contributed by atoms with E-state index in [1.54, 1.807) is 6.92 Å². The number of Topliss-reactive ketones (excluding diaryl/α,β-unsaturated/α-hetero) is 1. The van der Waals surface area contributed by atoms with Crippen molar-refractivity contribution in [2.45, 2.75) is 64.9 Å². The molecule has 1 fully saturated rings. The zero-order chi connectivity index (χ0) is 19.1. The van der Waals surface area contributed by atoms with E-state index in [9.17, 15) is 4.79 Å². The molecular formula is C25H30O2. The van der Waals surface area contributed by atoms with Crippen molar-refractivity contribution in [3.63, 3.8) is 0 Å². The Morgan fingerprint density at radius 3 is 2.63 bits per heavy atom. The maximum atomic E-state index is 12.5. The molecule has 142 valence electrons. The molecular weight excluding hydrogens is 332 g/mol. The van der Waals surface area contributed by atoms with E-state index in [2.05, 4.69) is 44.2 Å². The van der Waals surface area contributed by atoms with Crippen molar-refractivity contribution in [3.8, 4) is 5.75 Å². The van der Waals surface area contributed by atoms with Gasteiger partial charge < -0.3 is 4.74 Å². The number of fused-ring (bicyclic) bond motifs is 3. The lowest BCUT2D eigenvalue weighted by Crippen LogP contribution is -2.51. The number of ether oxygens (including phenoxy) is 1. The summed E-state index contributed by atoms with van der Waals surface area (Å²) in [5.41, 5.74) is 3.91. The SMILES string of the molecule is CC(=O)[C@@]1(C)CCC[C@]2(C)c3cc(OCc4ccccc4)ccc3CC[C@@H]12. The van der Waals surface area contributed by atoms with Crippen molar-refractivity contribution >= 4 is 5.78 Å². The van der Waals surface area contributed by atoms with Crippen molar-refractivity contribution < 1.29 is 9.53 Å². The highest BCUT2D eigenvalue weighted by atomic mass is 16.5. The minimum atomic E-state index is -0.189. The molecule has 2 aromatic carbocycles. The lowest BCUT2D eigenvalue weighted by Gasteiger charge is -2.54. The van der Waals surface area contributed by atoms with Gasteiger partial charge in [0.2, 0.25) is 0 Å². The Balaban J connectivity index is 1.64. The summed E-state index contributed by atoms with van der Waals surface area (Å²) >= 11 is 0. The van der Waals surface area contributed by atoms with Crippen LogP contribution in [0.4, 0.5) is 0 Å². The van der Waals surface area contributed by atoms with E-state index in [1.807, 2.05) is 18.2 Å². The van der Waals surface area contributed by atoms with Crippen LogP contribution in [0.3, 0.4) is 0 Å². The molecule has 0 heterocycles. The Labute approximate surface area is 162 Å². The van der Waals surface area contributed by atoms with Gasteiger partial charge in [0.25, 0.3) is 0 Å². The summed E-state index contributed by atoms with van der Waals surface area (Å²) in [4.78, 5) is 12.5. The summed E-state index contributed by atoms with van der Waals surface area (Å²) in [7, 11) is 0. The van der Waals surface area contributed by atoms with Crippen molar-refractivity contribution in [1.29, 1.82) is 0 Å². The number of aryl methyl sites for hydroxylation is 1. The number of carbonyl (C=O) groups is 1. The third-order valence-electron chi connectivity index (χ3n) is 7.38. The fourth-order valence-corrected chi connectivity index (χ4v) is 5.69. The smallest absolute Gasteiger partial charge is 0.135 e. The third kappa shape index (κ3) is 3.09. The van der Waals surface area contributed by atoms with Crippen molar-refractivity contribution in [2.24, 2.45) is 11.3 Å². The summed E-state index contributed by atoms with van der Waals surface area (Å²) in [6, 6.07) is 16.9. The lowest BCUT2D eigenvalue weighted by atomic mass is 9.49. The largest absolute Gasteiger partial charge is 0.489 e. The molecule has 2 aromatic rings. The molecule has 0 unspecified atom stereocenters. The first-order valence-electron chi connectivity index (χ1n) is 10.2. The summed E-state index contributed by atoms with van der Waals surface area (Å²) in [5, 5.41) is 0. The Morgan fingerprint density at radius 2 is 1.89 bits per heavy atom. The normalized spacial score (nSPS) is 29.5.